The van der Waals surface area contributed by atoms with Crippen molar-refractivity contribution in [2.75, 3.05) is 39.5 Å². The molecule has 0 aliphatic carbocycles. The van der Waals surface area contributed by atoms with Crippen LogP contribution in [0.4, 0.5) is 0 Å². The smallest absolute Gasteiger partial charge is 0.215 e. The lowest BCUT2D eigenvalue weighted by atomic mass is 10.2. The lowest BCUT2D eigenvalue weighted by molar-refractivity contribution is -0.271. The van der Waals surface area contributed by atoms with Crippen LogP contribution in [0.5, 0.6) is 0 Å². The van der Waals surface area contributed by atoms with Crippen LogP contribution in [0.25, 0.3) is 20.9 Å². The monoisotopic (exact) mass is 358 g/mol. The Morgan fingerprint density at radius 3 is 1.44 bits per heavy atom. The Balaban J connectivity index is 3.80. The van der Waals surface area contributed by atoms with Crippen LogP contribution in [0.3, 0.4) is 0 Å². The largest absolute Gasteiger partial charge is 0.391 e. The van der Waals surface area contributed by atoms with E-state index in [4.69, 9.17) is 20.5 Å². The highest BCUT2D eigenvalue weighted by Crippen LogP contribution is 2.15. The fourth-order valence-corrected chi connectivity index (χ4v) is 2.16. The average Bonchev–Trinajstić information content (AvgIpc) is 2.64. The second-order valence-electron chi connectivity index (χ2n) is 5.66. The Morgan fingerprint density at radius 2 is 1.08 bits per heavy atom. The summed E-state index contributed by atoms with van der Waals surface area (Å²) in [5, 5.41) is 25.9. The van der Waals surface area contributed by atoms with Crippen molar-refractivity contribution < 1.29 is 19.7 Å². The van der Waals surface area contributed by atoms with E-state index in [0.29, 0.717) is 26.3 Å². The quantitative estimate of drug-likeness (QED) is 0.126. The third kappa shape index (κ3) is 13.4. The Bertz CT molecular complexity index is 373. The zero-order chi connectivity index (χ0) is 18.6. The Labute approximate surface area is 148 Å². The highest BCUT2D eigenvalue weighted by molar-refractivity contribution is 4.67. The Hall–Kier alpha value is -1.54. The number of hydrogen-bond acceptors (Lipinski definition) is 6. The summed E-state index contributed by atoms with van der Waals surface area (Å²) in [7, 11) is 0. The second-order valence-corrected chi connectivity index (χ2v) is 5.66. The van der Waals surface area contributed by atoms with Gasteiger partial charge in [0.2, 0.25) is 5.79 Å². The van der Waals surface area contributed by atoms with E-state index >= 15 is 0 Å². The second kappa shape index (κ2) is 17.3. The maximum Gasteiger partial charge on any atom is 0.215 e. The molecule has 0 atom stereocenters. The molecule has 0 aliphatic rings. The van der Waals surface area contributed by atoms with Crippen LogP contribution in [-0.4, -0.2) is 55.5 Å². The van der Waals surface area contributed by atoms with Gasteiger partial charge in [0.1, 0.15) is 0 Å². The molecule has 25 heavy (non-hydrogen) atoms. The van der Waals surface area contributed by atoms with Gasteiger partial charge in [-0.25, -0.2) is 0 Å². The summed E-state index contributed by atoms with van der Waals surface area (Å²) >= 11 is 0. The molecule has 10 heteroatoms. The lowest BCUT2D eigenvalue weighted by Crippen LogP contribution is -2.44. The number of rotatable bonds is 18. The topological polar surface area (TPSA) is 156 Å². The molecule has 0 heterocycles. The van der Waals surface area contributed by atoms with Gasteiger partial charge in [-0.05, 0) is 36.7 Å². The van der Waals surface area contributed by atoms with Gasteiger partial charge in [0.15, 0.2) is 0 Å². The molecular weight excluding hydrogens is 328 g/mol. The third-order valence-corrected chi connectivity index (χ3v) is 3.64. The molecule has 0 bridgehead atoms. The minimum atomic E-state index is -1.35. The molecule has 0 radical (unpaired) electrons. The van der Waals surface area contributed by atoms with Gasteiger partial charge >= 0.3 is 0 Å². The van der Waals surface area contributed by atoms with Gasteiger partial charge in [-0.2, -0.15) is 0 Å². The number of aliphatic hydroxyl groups is 2. The van der Waals surface area contributed by atoms with Crippen LogP contribution in [0.2, 0.25) is 0 Å². The summed E-state index contributed by atoms with van der Waals surface area (Å²) in [6.07, 6.45) is 6.94. The number of aliphatic hydroxyl groups excluding tert-OH is 2. The first-order valence-electron chi connectivity index (χ1n) is 8.76. The van der Waals surface area contributed by atoms with Crippen molar-refractivity contribution in [1.29, 1.82) is 0 Å². The summed E-state index contributed by atoms with van der Waals surface area (Å²) < 4.78 is 11.1. The highest BCUT2D eigenvalue weighted by atomic mass is 16.7. The zero-order valence-corrected chi connectivity index (χ0v) is 14.8. The van der Waals surface area contributed by atoms with Crippen molar-refractivity contribution in [2.24, 2.45) is 10.2 Å². The van der Waals surface area contributed by atoms with Crippen LogP contribution in [0.1, 0.15) is 51.4 Å². The van der Waals surface area contributed by atoms with Gasteiger partial charge in [0.05, 0.1) is 26.4 Å². The molecule has 0 fully saturated rings. The molecule has 0 amide bonds. The van der Waals surface area contributed by atoms with Gasteiger partial charge in [-0.3, -0.25) is 0 Å². The average molecular weight is 358 g/mol. The van der Waals surface area contributed by atoms with Crippen molar-refractivity contribution in [3.63, 3.8) is 0 Å². The Morgan fingerprint density at radius 1 is 0.680 bits per heavy atom. The number of hydrogen-bond donors (Lipinski definition) is 2. The fourth-order valence-electron chi connectivity index (χ4n) is 2.16. The number of ether oxygens (including phenoxy) is 2. The molecule has 10 nitrogen and oxygen atoms in total. The first-order chi connectivity index (χ1) is 12.2. The lowest BCUT2D eigenvalue weighted by Gasteiger charge is -2.30. The number of azide groups is 2. The van der Waals surface area contributed by atoms with Crippen LogP contribution in [0, 0.1) is 0 Å². The van der Waals surface area contributed by atoms with Gasteiger partial charge in [-0.15, -0.1) is 0 Å². The van der Waals surface area contributed by atoms with Crippen molar-refractivity contribution in [3.05, 3.63) is 20.9 Å². The zero-order valence-electron chi connectivity index (χ0n) is 14.8. The summed E-state index contributed by atoms with van der Waals surface area (Å²) in [5.74, 6) is -1.35. The molecule has 0 rings (SSSR count). The molecule has 0 aromatic carbocycles. The van der Waals surface area contributed by atoms with Gasteiger partial charge in [0.25, 0.3) is 0 Å². The Kier molecular flexibility index (Phi) is 16.2. The van der Waals surface area contributed by atoms with Crippen LogP contribution >= 0.6 is 0 Å². The number of nitrogens with zero attached hydrogens (tertiary/aromatic N) is 6. The fraction of sp³-hybridized carbons (Fsp3) is 1.00. The molecule has 0 saturated carbocycles. The van der Waals surface area contributed by atoms with E-state index < -0.39 is 19.0 Å². The molecule has 0 aliphatic heterocycles. The standard InChI is InChI=1S/C15H30N6O4/c16-20-18-9-5-1-3-7-11-24-15(13-22,14-23)25-12-8-4-2-6-10-19-21-17/h22-23H,1-14H2. The summed E-state index contributed by atoms with van der Waals surface area (Å²) in [5.41, 5.74) is 16.3. The third-order valence-electron chi connectivity index (χ3n) is 3.64. The first-order valence-corrected chi connectivity index (χ1v) is 8.76. The molecule has 2 N–H and O–H groups in total. The molecule has 0 saturated heterocycles. The van der Waals surface area contributed by atoms with E-state index in [1.165, 1.54) is 0 Å². The summed E-state index contributed by atoms with van der Waals surface area (Å²) in [6, 6.07) is 0. The normalized spacial score (nSPS) is 11.0. The minimum absolute atomic E-state index is 0.384. The van der Waals surface area contributed by atoms with E-state index in [2.05, 4.69) is 20.1 Å². The van der Waals surface area contributed by atoms with Crippen LogP contribution < -0.4 is 0 Å². The van der Waals surface area contributed by atoms with E-state index in [1.807, 2.05) is 0 Å². The molecule has 0 aromatic rings. The first kappa shape index (κ1) is 23.5. The molecular formula is C15H30N6O4. The van der Waals surface area contributed by atoms with Crippen LogP contribution in [-0.2, 0) is 9.47 Å². The van der Waals surface area contributed by atoms with Gasteiger partial charge in [0, 0.05) is 22.9 Å². The minimum Gasteiger partial charge on any atom is -0.391 e. The van der Waals surface area contributed by atoms with Crippen molar-refractivity contribution in [1.82, 2.24) is 0 Å². The highest BCUT2D eigenvalue weighted by Gasteiger charge is 2.30. The van der Waals surface area contributed by atoms with E-state index in [-0.39, 0.29) is 0 Å². The predicted octanol–water partition coefficient (Wildman–Crippen LogP) is 3.44. The molecule has 0 aromatic heterocycles. The maximum atomic E-state index is 9.47. The van der Waals surface area contributed by atoms with Crippen molar-refractivity contribution in [2.45, 2.75) is 57.2 Å². The summed E-state index contributed by atoms with van der Waals surface area (Å²) in [4.78, 5) is 5.39. The van der Waals surface area contributed by atoms with Gasteiger partial charge in [-0.1, -0.05) is 35.9 Å². The van der Waals surface area contributed by atoms with Crippen LogP contribution in [0.15, 0.2) is 10.2 Å². The van der Waals surface area contributed by atoms with Crippen molar-refractivity contribution in [3.8, 4) is 0 Å². The molecule has 144 valence electrons. The number of unbranched alkanes of at least 4 members (excludes halogenated alkanes) is 6. The van der Waals surface area contributed by atoms with E-state index in [1.54, 1.807) is 0 Å². The van der Waals surface area contributed by atoms with E-state index in [0.717, 1.165) is 51.4 Å². The SMILES string of the molecule is [N-]=[N+]=NCCCCCCOC(CO)(CO)OCCCCCCN=[N+]=[N-]. The van der Waals surface area contributed by atoms with Crippen molar-refractivity contribution >= 4 is 0 Å². The molecule has 0 spiro atoms. The predicted molar refractivity (Wildman–Crippen MR) is 93.8 cm³/mol. The van der Waals surface area contributed by atoms with Gasteiger partial charge < -0.3 is 19.7 Å². The summed E-state index contributed by atoms with van der Waals surface area (Å²) in [6.45, 7) is 0.958. The molecule has 0 unspecified atom stereocenters. The maximum absolute atomic E-state index is 9.47. The van der Waals surface area contributed by atoms with E-state index in [9.17, 15) is 10.2 Å².